The molecule has 1 unspecified atom stereocenters. The Bertz CT molecular complexity index is 551. The van der Waals surface area contributed by atoms with E-state index in [1.54, 1.807) is 6.92 Å². The summed E-state index contributed by atoms with van der Waals surface area (Å²) in [5.74, 6) is -0.209. The molecule has 0 aliphatic carbocycles. The summed E-state index contributed by atoms with van der Waals surface area (Å²) in [4.78, 5) is 17.9. The van der Waals surface area contributed by atoms with E-state index in [4.69, 9.17) is 0 Å². The van der Waals surface area contributed by atoms with Crippen LogP contribution in [-0.2, 0) is 19.6 Å². The van der Waals surface area contributed by atoms with Gasteiger partial charge in [0.25, 0.3) is 10.0 Å². The Balaban J connectivity index is 2.16. The van der Waals surface area contributed by atoms with Gasteiger partial charge in [-0.15, -0.1) is 0 Å². The summed E-state index contributed by atoms with van der Waals surface area (Å²) < 4.78 is 30.3. The van der Waals surface area contributed by atoms with Crippen LogP contribution in [0, 0.1) is 12.8 Å². The van der Waals surface area contributed by atoms with Crippen molar-refractivity contribution in [1.29, 1.82) is 0 Å². The largest absolute Gasteiger partial charge is 0.469 e. The molecule has 1 fully saturated rings. The van der Waals surface area contributed by atoms with Gasteiger partial charge in [-0.25, -0.2) is 13.4 Å². The first-order valence-electron chi connectivity index (χ1n) is 5.54. The van der Waals surface area contributed by atoms with Gasteiger partial charge in [0.15, 0.2) is 5.03 Å². The molecule has 0 aromatic carbocycles. The zero-order chi connectivity index (χ0) is 13.3. The molecule has 1 aromatic rings. The van der Waals surface area contributed by atoms with E-state index in [0.29, 0.717) is 18.8 Å². The first-order valence-corrected chi connectivity index (χ1v) is 6.98. The Kier molecular flexibility index (Phi) is 3.40. The Morgan fingerprint density at radius 1 is 1.61 bits per heavy atom. The van der Waals surface area contributed by atoms with E-state index in [0.717, 1.165) is 0 Å². The summed E-state index contributed by atoms with van der Waals surface area (Å²) in [6.07, 6.45) is 1.77. The Morgan fingerprint density at radius 2 is 2.33 bits per heavy atom. The van der Waals surface area contributed by atoms with Gasteiger partial charge in [0.2, 0.25) is 0 Å². The van der Waals surface area contributed by atoms with Crippen molar-refractivity contribution >= 4 is 16.0 Å². The Hall–Kier alpha value is -1.41. The summed E-state index contributed by atoms with van der Waals surface area (Å²) >= 11 is 0. The number of carbonyl (C=O) groups is 1. The SMILES string of the molecule is COC(=O)C1CCN(S(=O)(=O)c2cnc(C)[nH]2)C1. The van der Waals surface area contributed by atoms with Gasteiger partial charge in [-0.3, -0.25) is 4.79 Å². The average molecular weight is 273 g/mol. The van der Waals surface area contributed by atoms with Crippen molar-refractivity contribution < 1.29 is 17.9 Å². The highest BCUT2D eigenvalue weighted by Gasteiger charge is 2.37. The molecule has 18 heavy (non-hydrogen) atoms. The van der Waals surface area contributed by atoms with E-state index in [1.807, 2.05) is 0 Å². The number of aromatic amines is 1. The molecular formula is C10H15N3O4S. The molecule has 100 valence electrons. The van der Waals surface area contributed by atoms with Crippen LogP contribution < -0.4 is 0 Å². The fourth-order valence-electron chi connectivity index (χ4n) is 1.97. The van der Waals surface area contributed by atoms with E-state index in [9.17, 15) is 13.2 Å². The summed E-state index contributed by atoms with van der Waals surface area (Å²) in [5.41, 5.74) is 0. The number of imidazole rings is 1. The lowest BCUT2D eigenvalue weighted by atomic mass is 10.1. The third kappa shape index (κ3) is 2.25. The van der Waals surface area contributed by atoms with Gasteiger partial charge in [-0.1, -0.05) is 0 Å². The van der Waals surface area contributed by atoms with E-state index in [-0.39, 0.29) is 23.5 Å². The van der Waals surface area contributed by atoms with Gasteiger partial charge >= 0.3 is 5.97 Å². The van der Waals surface area contributed by atoms with Gasteiger partial charge in [0, 0.05) is 13.1 Å². The zero-order valence-corrected chi connectivity index (χ0v) is 11.0. The normalized spacial score (nSPS) is 21.1. The first kappa shape index (κ1) is 13.0. The second-order valence-electron chi connectivity index (χ2n) is 4.20. The number of hydrogen-bond acceptors (Lipinski definition) is 5. The van der Waals surface area contributed by atoms with Gasteiger partial charge in [0.05, 0.1) is 19.2 Å². The van der Waals surface area contributed by atoms with Crippen molar-refractivity contribution in [2.45, 2.75) is 18.4 Å². The van der Waals surface area contributed by atoms with Crippen LogP contribution in [0.25, 0.3) is 0 Å². The highest BCUT2D eigenvalue weighted by atomic mass is 32.2. The topological polar surface area (TPSA) is 92.4 Å². The minimum atomic E-state index is -3.59. The highest BCUT2D eigenvalue weighted by Crippen LogP contribution is 2.24. The zero-order valence-electron chi connectivity index (χ0n) is 10.2. The highest BCUT2D eigenvalue weighted by molar-refractivity contribution is 7.89. The van der Waals surface area contributed by atoms with Crippen LogP contribution in [0.5, 0.6) is 0 Å². The van der Waals surface area contributed by atoms with E-state index in [2.05, 4.69) is 14.7 Å². The molecule has 1 aliphatic heterocycles. The van der Waals surface area contributed by atoms with E-state index >= 15 is 0 Å². The Labute approximate surface area is 105 Å². The van der Waals surface area contributed by atoms with Crippen molar-refractivity contribution in [1.82, 2.24) is 14.3 Å². The number of esters is 1. The number of ether oxygens (including phenoxy) is 1. The van der Waals surface area contributed by atoms with Crippen LogP contribution in [0.4, 0.5) is 0 Å². The van der Waals surface area contributed by atoms with Crippen LogP contribution in [0.15, 0.2) is 11.2 Å². The lowest BCUT2D eigenvalue weighted by Gasteiger charge is -2.14. The number of aryl methyl sites for hydroxylation is 1. The maximum Gasteiger partial charge on any atom is 0.310 e. The van der Waals surface area contributed by atoms with Crippen LogP contribution in [0.3, 0.4) is 0 Å². The average Bonchev–Trinajstić information content (AvgIpc) is 2.96. The molecule has 0 radical (unpaired) electrons. The number of methoxy groups -OCH3 is 1. The maximum absolute atomic E-state index is 12.2. The van der Waals surface area contributed by atoms with Gasteiger partial charge < -0.3 is 9.72 Å². The molecule has 1 saturated heterocycles. The summed E-state index contributed by atoms with van der Waals surface area (Å²) in [7, 11) is -2.28. The molecule has 0 bridgehead atoms. The standard InChI is InChI=1S/C10H15N3O4S/c1-7-11-5-9(12-7)18(15,16)13-4-3-8(6-13)10(14)17-2/h5,8H,3-4,6H2,1-2H3,(H,11,12). The molecule has 1 atom stereocenters. The molecule has 2 heterocycles. The molecular weight excluding hydrogens is 258 g/mol. The molecule has 0 saturated carbocycles. The van der Waals surface area contributed by atoms with Gasteiger partial charge in [-0.05, 0) is 13.3 Å². The lowest BCUT2D eigenvalue weighted by Crippen LogP contribution is -2.30. The van der Waals surface area contributed by atoms with Crippen molar-refractivity contribution in [3.63, 3.8) is 0 Å². The summed E-state index contributed by atoms with van der Waals surface area (Å²) in [6.45, 7) is 2.16. The van der Waals surface area contributed by atoms with Crippen molar-refractivity contribution in [2.24, 2.45) is 5.92 Å². The van der Waals surface area contributed by atoms with Crippen molar-refractivity contribution in [3.05, 3.63) is 12.0 Å². The third-order valence-electron chi connectivity index (χ3n) is 2.98. The number of H-pyrrole nitrogens is 1. The number of carbonyl (C=O) groups excluding carboxylic acids is 1. The minimum Gasteiger partial charge on any atom is -0.469 e. The van der Waals surface area contributed by atoms with Crippen LogP contribution >= 0.6 is 0 Å². The van der Waals surface area contributed by atoms with E-state index in [1.165, 1.54) is 17.6 Å². The summed E-state index contributed by atoms with van der Waals surface area (Å²) in [5, 5.41) is 0.0607. The number of nitrogens with zero attached hydrogens (tertiary/aromatic N) is 2. The van der Waals surface area contributed by atoms with Crippen molar-refractivity contribution in [3.8, 4) is 0 Å². The predicted molar refractivity (Wildman–Crippen MR) is 62.2 cm³/mol. The smallest absolute Gasteiger partial charge is 0.310 e. The second-order valence-corrected chi connectivity index (χ2v) is 6.11. The maximum atomic E-state index is 12.2. The molecule has 1 aromatic heterocycles. The molecule has 1 aliphatic rings. The monoisotopic (exact) mass is 273 g/mol. The number of rotatable bonds is 3. The Morgan fingerprint density at radius 3 is 2.89 bits per heavy atom. The number of aromatic nitrogens is 2. The van der Waals surface area contributed by atoms with Gasteiger partial charge in [0.1, 0.15) is 5.82 Å². The number of nitrogens with one attached hydrogen (secondary N) is 1. The van der Waals surface area contributed by atoms with Gasteiger partial charge in [-0.2, -0.15) is 4.31 Å². The van der Waals surface area contributed by atoms with Crippen LogP contribution in [-0.4, -0.2) is 48.9 Å². The second kappa shape index (κ2) is 4.69. The fraction of sp³-hybridized carbons (Fsp3) is 0.600. The van der Waals surface area contributed by atoms with Crippen LogP contribution in [0.1, 0.15) is 12.2 Å². The fourth-order valence-corrected chi connectivity index (χ4v) is 3.44. The third-order valence-corrected chi connectivity index (χ3v) is 4.76. The molecule has 0 amide bonds. The molecule has 7 nitrogen and oxygen atoms in total. The number of hydrogen-bond donors (Lipinski definition) is 1. The molecule has 0 spiro atoms. The predicted octanol–water partition coefficient (Wildman–Crippen LogP) is -0.0983. The number of sulfonamides is 1. The first-order chi connectivity index (χ1) is 8.45. The van der Waals surface area contributed by atoms with Crippen LogP contribution in [0.2, 0.25) is 0 Å². The van der Waals surface area contributed by atoms with E-state index < -0.39 is 10.0 Å². The summed E-state index contributed by atoms with van der Waals surface area (Å²) in [6, 6.07) is 0. The van der Waals surface area contributed by atoms with Crippen molar-refractivity contribution in [2.75, 3.05) is 20.2 Å². The quantitative estimate of drug-likeness (QED) is 0.776. The molecule has 8 heteroatoms. The minimum absolute atomic E-state index is 0.0607. The molecule has 1 N–H and O–H groups in total. The molecule has 2 rings (SSSR count). The lowest BCUT2D eigenvalue weighted by molar-refractivity contribution is -0.144.